The third-order valence-electron chi connectivity index (χ3n) is 3.33. The van der Waals surface area contributed by atoms with Gasteiger partial charge < -0.3 is 20.3 Å². The number of alkyl halides is 3. The van der Waals surface area contributed by atoms with Crippen molar-refractivity contribution < 1.29 is 27.5 Å². The Bertz CT molecular complexity index is 579. The lowest BCUT2D eigenvalue weighted by atomic mass is 10.1. The molecule has 0 unspecified atom stereocenters. The Balaban J connectivity index is 2.64. The number of nitrogens with zero attached hydrogens (tertiary/aromatic N) is 1. The predicted octanol–water partition coefficient (Wildman–Crippen LogP) is 1.73. The molecule has 2 N–H and O–H groups in total. The smallest absolute Gasteiger partial charge is 0.383 e. The minimum absolute atomic E-state index is 0.0175. The third-order valence-corrected chi connectivity index (χ3v) is 3.33. The van der Waals surface area contributed by atoms with Crippen LogP contribution < -0.4 is 10.6 Å². The maximum atomic E-state index is 12.9. The average Bonchev–Trinajstić information content (AvgIpc) is 2.56. The molecule has 0 saturated carbocycles. The van der Waals surface area contributed by atoms with Crippen LogP contribution in [0.4, 0.5) is 18.9 Å². The molecule has 0 spiro atoms. The van der Waals surface area contributed by atoms with Gasteiger partial charge in [-0.3, -0.25) is 9.59 Å². The van der Waals surface area contributed by atoms with Crippen LogP contribution in [0.2, 0.25) is 0 Å². The fourth-order valence-corrected chi connectivity index (χ4v) is 2.06. The van der Waals surface area contributed by atoms with E-state index in [9.17, 15) is 22.8 Å². The van der Waals surface area contributed by atoms with Crippen molar-refractivity contribution >= 4 is 17.5 Å². The van der Waals surface area contributed by atoms with E-state index in [1.54, 1.807) is 6.92 Å². The van der Waals surface area contributed by atoms with Crippen molar-refractivity contribution in [3.8, 4) is 0 Å². The molecular formula is C16H22F3N3O3. The molecule has 0 aromatic heterocycles. The van der Waals surface area contributed by atoms with Gasteiger partial charge in [-0.1, -0.05) is 12.1 Å². The van der Waals surface area contributed by atoms with Gasteiger partial charge in [0.15, 0.2) is 0 Å². The number of anilines is 1. The van der Waals surface area contributed by atoms with Crippen LogP contribution in [0.1, 0.15) is 12.5 Å². The zero-order chi connectivity index (χ0) is 18.9. The molecule has 0 atom stereocenters. The number of hydrogen-bond acceptors (Lipinski definition) is 4. The van der Waals surface area contributed by atoms with Crippen LogP contribution in [0.15, 0.2) is 24.3 Å². The summed E-state index contributed by atoms with van der Waals surface area (Å²) in [7, 11) is 1.53. The number of carbonyl (C=O) groups excluding carboxylic acids is 2. The van der Waals surface area contributed by atoms with Gasteiger partial charge in [-0.2, -0.15) is 13.2 Å². The Hall–Kier alpha value is -2.13. The van der Waals surface area contributed by atoms with Gasteiger partial charge in [-0.25, -0.2) is 0 Å². The van der Waals surface area contributed by atoms with Gasteiger partial charge in [0.25, 0.3) is 0 Å². The second-order valence-electron chi connectivity index (χ2n) is 5.17. The van der Waals surface area contributed by atoms with E-state index in [0.717, 1.165) is 6.07 Å². The number of rotatable bonds is 9. The number of amides is 2. The topological polar surface area (TPSA) is 70.7 Å². The van der Waals surface area contributed by atoms with Crippen LogP contribution in [0.25, 0.3) is 0 Å². The van der Waals surface area contributed by atoms with Gasteiger partial charge in [0, 0.05) is 20.2 Å². The molecular weight excluding hydrogens is 339 g/mol. The Morgan fingerprint density at radius 3 is 2.52 bits per heavy atom. The van der Waals surface area contributed by atoms with Crippen molar-refractivity contribution in [1.29, 1.82) is 0 Å². The maximum absolute atomic E-state index is 12.9. The summed E-state index contributed by atoms with van der Waals surface area (Å²) in [5, 5.41) is 5.08. The SMILES string of the molecule is CCN(CC(=O)Nc1ccccc1C(F)(F)F)C(=O)CNCCOC. The number of halogens is 3. The van der Waals surface area contributed by atoms with Gasteiger partial charge >= 0.3 is 6.18 Å². The molecule has 0 aliphatic carbocycles. The fraction of sp³-hybridized carbons (Fsp3) is 0.500. The van der Waals surface area contributed by atoms with Crippen molar-refractivity contribution in [3.63, 3.8) is 0 Å². The van der Waals surface area contributed by atoms with Crippen molar-refractivity contribution in [1.82, 2.24) is 10.2 Å². The van der Waals surface area contributed by atoms with Crippen molar-refractivity contribution in [2.45, 2.75) is 13.1 Å². The standard InChI is InChI=1S/C16H22F3N3O3/c1-3-22(15(24)10-20-8-9-25-2)11-14(23)21-13-7-5-4-6-12(13)16(17,18)19/h4-7,20H,3,8-11H2,1-2H3,(H,21,23). The number of nitrogens with one attached hydrogen (secondary N) is 2. The number of ether oxygens (including phenoxy) is 1. The van der Waals surface area contributed by atoms with Gasteiger partial charge in [0.05, 0.1) is 30.9 Å². The lowest BCUT2D eigenvalue weighted by Gasteiger charge is -2.21. The second-order valence-corrected chi connectivity index (χ2v) is 5.17. The summed E-state index contributed by atoms with van der Waals surface area (Å²) in [6, 6.07) is 4.70. The average molecular weight is 361 g/mol. The van der Waals surface area contributed by atoms with Crippen LogP contribution in [0, 0.1) is 0 Å². The number of para-hydroxylation sites is 1. The lowest BCUT2D eigenvalue weighted by Crippen LogP contribution is -2.43. The van der Waals surface area contributed by atoms with Crippen LogP contribution in [-0.2, 0) is 20.5 Å². The molecule has 0 heterocycles. The summed E-state index contributed by atoms with van der Waals surface area (Å²) < 4.78 is 43.6. The highest BCUT2D eigenvalue weighted by molar-refractivity contribution is 5.95. The van der Waals surface area contributed by atoms with E-state index in [2.05, 4.69) is 10.6 Å². The fourth-order valence-electron chi connectivity index (χ4n) is 2.06. The first-order valence-electron chi connectivity index (χ1n) is 7.73. The molecule has 0 aliphatic heterocycles. The first-order chi connectivity index (χ1) is 11.8. The van der Waals surface area contributed by atoms with Gasteiger partial charge in [0.2, 0.25) is 11.8 Å². The van der Waals surface area contributed by atoms with E-state index in [1.807, 2.05) is 0 Å². The van der Waals surface area contributed by atoms with E-state index in [1.165, 1.54) is 30.2 Å². The Morgan fingerprint density at radius 2 is 1.92 bits per heavy atom. The molecule has 6 nitrogen and oxygen atoms in total. The summed E-state index contributed by atoms with van der Waals surface area (Å²) in [5.41, 5.74) is -1.26. The van der Waals surface area contributed by atoms with E-state index in [4.69, 9.17) is 4.74 Å². The minimum Gasteiger partial charge on any atom is -0.383 e. The van der Waals surface area contributed by atoms with Crippen molar-refractivity contribution in [2.24, 2.45) is 0 Å². The molecule has 0 saturated heterocycles. The summed E-state index contributed by atoms with van der Waals surface area (Å²) in [5.74, 6) is -1.01. The minimum atomic E-state index is -4.57. The van der Waals surface area contributed by atoms with E-state index in [-0.39, 0.29) is 31.2 Å². The molecule has 1 rings (SSSR count). The van der Waals surface area contributed by atoms with Crippen LogP contribution in [0.5, 0.6) is 0 Å². The quantitative estimate of drug-likeness (QED) is 0.657. The molecule has 25 heavy (non-hydrogen) atoms. The first-order valence-corrected chi connectivity index (χ1v) is 7.73. The summed E-state index contributed by atoms with van der Waals surface area (Å²) >= 11 is 0. The van der Waals surface area contributed by atoms with Crippen LogP contribution >= 0.6 is 0 Å². The summed E-state index contributed by atoms with van der Waals surface area (Å²) in [6.45, 7) is 2.55. The Labute approximate surface area is 144 Å². The number of benzene rings is 1. The number of methoxy groups -OCH3 is 1. The molecule has 9 heteroatoms. The number of hydrogen-bond donors (Lipinski definition) is 2. The second kappa shape index (κ2) is 10.00. The molecule has 0 bridgehead atoms. The highest BCUT2D eigenvalue weighted by atomic mass is 19.4. The Morgan fingerprint density at radius 1 is 1.24 bits per heavy atom. The van der Waals surface area contributed by atoms with E-state index in [0.29, 0.717) is 13.2 Å². The predicted molar refractivity (Wildman–Crippen MR) is 87.1 cm³/mol. The largest absolute Gasteiger partial charge is 0.418 e. The lowest BCUT2D eigenvalue weighted by molar-refractivity contribution is -0.137. The van der Waals surface area contributed by atoms with Gasteiger partial charge in [0.1, 0.15) is 0 Å². The van der Waals surface area contributed by atoms with Crippen molar-refractivity contribution in [2.75, 3.05) is 45.2 Å². The summed E-state index contributed by atoms with van der Waals surface area (Å²) in [6.07, 6.45) is -4.57. The summed E-state index contributed by atoms with van der Waals surface area (Å²) in [4.78, 5) is 25.3. The highest BCUT2D eigenvalue weighted by Crippen LogP contribution is 2.34. The highest BCUT2D eigenvalue weighted by Gasteiger charge is 2.33. The monoisotopic (exact) mass is 361 g/mol. The molecule has 0 aliphatic rings. The molecule has 0 radical (unpaired) electrons. The molecule has 140 valence electrons. The molecule has 2 amide bonds. The van der Waals surface area contributed by atoms with Gasteiger partial charge in [-0.15, -0.1) is 0 Å². The molecule has 1 aromatic rings. The van der Waals surface area contributed by atoms with Crippen molar-refractivity contribution in [3.05, 3.63) is 29.8 Å². The zero-order valence-corrected chi connectivity index (χ0v) is 14.2. The van der Waals surface area contributed by atoms with Gasteiger partial charge in [-0.05, 0) is 19.1 Å². The zero-order valence-electron chi connectivity index (χ0n) is 14.2. The number of carbonyl (C=O) groups is 2. The Kier molecular flexibility index (Phi) is 8.36. The normalized spacial score (nSPS) is 11.2. The van der Waals surface area contributed by atoms with E-state index < -0.39 is 17.6 Å². The third kappa shape index (κ3) is 7.10. The van der Waals surface area contributed by atoms with E-state index >= 15 is 0 Å². The first kappa shape index (κ1) is 20.9. The maximum Gasteiger partial charge on any atom is 0.418 e. The number of likely N-dealkylation sites (N-methyl/N-ethyl adjacent to an activating group) is 1. The molecule has 1 aromatic carbocycles. The van der Waals surface area contributed by atoms with Crippen LogP contribution in [0.3, 0.4) is 0 Å². The van der Waals surface area contributed by atoms with Crippen LogP contribution in [-0.4, -0.2) is 56.6 Å². The molecule has 0 fully saturated rings.